The molecule has 0 aliphatic carbocycles. The fourth-order valence-electron chi connectivity index (χ4n) is 2.38. The van der Waals surface area contributed by atoms with Gasteiger partial charge < -0.3 is 10.0 Å². The molecule has 3 rings (SSSR count). The van der Waals surface area contributed by atoms with Crippen molar-refractivity contribution in [2.45, 2.75) is 6.92 Å². The minimum absolute atomic E-state index is 0.0866. The van der Waals surface area contributed by atoms with Crippen LogP contribution in [0.15, 0.2) is 47.8 Å². The maximum absolute atomic E-state index is 12.6. The van der Waals surface area contributed by atoms with Gasteiger partial charge in [-0.15, -0.1) is 16.4 Å². The van der Waals surface area contributed by atoms with Crippen LogP contribution in [0.4, 0.5) is 0 Å². The quantitative estimate of drug-likeness (QED) is 0.747. The number of carbonyl (C=O) groups excluding carboxylic acids is 1. The molecule has 0 spiro atoms. The lowest BCUT2D eigenvalue weighted by molar-refractivity contribution is 0.0720. The Morgan fingerprint density at radius 2 is 2.04 bits per heavy atom. The van der Waals surface area contributed by atoms with Crippen LogP contribution in [0.25, 0.3) is 16.4 Å². The molecule has 24 heavy (non-hydrogen) atoms. The Labute approximate surface area is 144 Å². The van der Waals surface area contributed by atoms with Crippen LogP contribution >= 0.6 is 11.3 Å². The summed E-state index contributed by atoms with van der Waals surface area (Å²) in [5, 5.41) is 15.5. The molecule has 2 aromatic heterocycles. The maximum Gasteiger partial charge on any atom is 0.293 e. The zero-order valence-corrected chi connectivity index (χ0v) is 14.1. The highest BCUT2D eigenvalue weighted by atomic mass is 32.1. The Bertz CT molecular complexity index is 799. The van der Waals surface area contributed by atoms with Gasteiger partial charge in [-0.25, -0.2) is 9.67 Å². The van der Waals surface area contributed by atoms with Crippen LogP contribution in [0.2, 0.25) is 0 Å². The second-order valence-corrected chi connectivity index (χ2v) is 6.04. The fourth-order valence-corrected chi connectivity index (χ4v) is 3.08. The highest BCUT2D eigenvalue weighted by molar-refractivity contribution is 7.13. The highest BCUT2D eigenvalue weighted by Gasteiger charge is 2.22. The summed E-state index contributed by atoms with van der Waals surface area (Å²) in [6.45, 7) is 2.54. The summed E-state index contributed by atoms with van der Waals surface area (Å²) in [5.41, 5.74) is 0.845. The van der Waals surface area contributed by atoms with Gasteiger partial charge in [0.2, 0.25) is 5.82 Å². The van der Waals surface area contributed by atoms with Crippen molar-refractivity contribution in [2.75, 3.05) is 19.7 Å². The normalized spacial score (nSPS) is 10.8. The van der Waals surface area contributed by atoms with Gasteiger partial charge >= 0.3 is 0 Å². The molecule has 0 aliphatic heterocycles. The Hall–Kier alpha value is -2.51. The summed E-state index contributed by atoms with van der Waals surface area (Å²) in [7, 11) is 0. The van der Waals surface area contributed by atoms with Crippen LogP contribution in [0.5, 0.6) is 0 Å². The number of benzene rings is 1. The predicted octanol–water partition coefficient (Wildman–Crippen LogP) is 2.45. The van der Waals surface area contributed by atoms with Gasteiger partial charge in [-0.05, 0) is 30.5 Å². The molecule has 0 saturated carbocycles. The first-order chi connectivity index (χ1) is 11.7. The second kappa shape index (κ2) is 7.37. The number of aromatic nitrogens is 3. The molecule has 0 unspecified atom stereocenters. The molecule has 0 radical (unpaired) electrons. The average molecular weight is 342 g/mol. The van der Waals surface area contributed by atoms with Crippen LogP contribution in [0.3, 0.4) is 0 Å². The zero-order chi connectivity index (χ0) is 16.9. The van der Waals surface area contributed by atoms with Gasteiger partial charge in [0.15, 0.2) is 5.82 Å². The molecule has 2 heterocycles. The first-order valence-electron chi connectivity index (χ1n) is 7.71. The predicted molar refractivity (Wildman–Crippen MR) is 93.3 cm³/mol. The van der Waals surface area contributed by atoms with Crippen LogP contribution < -0.4 is 0 Å². The largest absolute Gasteiger partial charge is 0.395 e. The summed E-state index contributed by atoms with van der Waals surface area (Å²) in [5.74, 6) is 0.496. The first kappa shape index (κ1) is 16.4. The fraction of sp³-hybridized carbons (Fsp3) is 0.235. The highest BCUT2D eigenvalue weighted by Crippen LogP contribution is 2.25. The number of rotatable bonds is 6. The van der Waals surface area contributed by atoms with E-state index in [2.05, 4.69) is 10.1 Å². The van der Waals surface area contributed by atoms with Crippen LogP contribution in [0.1, 0.15) is 17.5 Å². The Morgan fingerprint density at radius 3 is 2.67 bits per heavy atom. The number of aliphatic hydroxyl groups is 1. The van der Waals surface area contributed by atoms with Gasteiger partial charge in [-0.1, -0.05) is 24.3 Å². The summed E-state index contributed by atoms with van der Waals surface area (Å²) >= 11 is 1.55. The standard InChI is InChI=1S/C17H18N4O2S/c1-2-20(10-11-22)17(23)15-18-16(14-9-6-12-24-14)21(19-15)13-7-4-3-5-8-13/h3-9,12,22H,2,10-11H2,1H3. The number of thiophene rings is 1. The molecule has 1 aromatic carbocycles. The third-order valence-corrected chi connectivity index (χ3v) is 4.45. The summed E-state index contributed by atoms with van der Waals surface area (Å²) in [6.07, 6.45) is 0. The third-order valence-electron chi connectivity index (χ3n) is 3.58. The summed E-state index contributed by atoms with van der Waals surface area (Å²) in [6, 6.07) is 13.5. The number of nitrogens with zero attached hydrogens (tertiary/aromatic N) is 4. The van der Waals surface area contributed by atoms with Gasteiger partial charge in [0.25, 0.3) is 5.91 Å². The third kappa shape index (κ3) is 3.22. The topological polar surface area (TPSA) is 71.2 Å². The molecule has 7 heteroatoms. The number of hydrogen-bond acceptors (Lipinski definition) is 5. The van der Waals surface area contributed by atoms with Crippen molar-refractivity contribution >= 4 is 17.2 Å². The summed E-state index contributed by atoms with van der Waals surface area (Å²) < 4.78 is 1.69. The molecule has 0 atom stereocenters. The van der Waals surface area contributed by atoms with Crippen molar-refractivity contribution in [1.82, 2.24) is 19.7 Å². The van der Waals surface area contributed by atoms with Crippen molar-refractivity contribution < 1.29 is 9.90 Å². The zero-order valence-electron chi connectivity index (χ0n) is 13.3. The first-order valence-corrected chi connectivity index (χ1v) is 8.59. The van der Waals surface area contributed by atoms with E-state index in [1.807, 2.05) is 54.8 Å². The second-order valence-electron chi connectivity index (χ2n) is 5.09. The van der Waals surface area contributed by atoms with E-state index >= 15 is 0 Å². The molecule has 0 fully saturated rings. The van der Waals surface area contributed by atoms with Gasteiger partial charge in [-0.3, -0.25) is 4.79 Å². The molecular formula is C17H18N4O2S. The molecule has 3 aromatic rings. The summed E-state index contributed by atoms with van der Waals surface area (Å²) in [4.78, 5) is 19.6. The number of aliphatic hydroxyl groups excluding tert-OH is 1. The number of para-hydroxylation sites is 1. The lowest BCUT2D eigenvalue weighted by Gasteiger charge is -2.17. The molecule has 1 amide bonds. The Kier molecular flexibility index (Phi) is 5.02. The van der Waals surface area contributed by atoms with Crippen molar-refractivity contribution in [1.29, 1.82) is 0 Å². The van der Waals surface area contributed by atoms with Crippen LogP contribution in [-0.4, -0.2) is 50.4 Å². The van der Waals surface area contributed by atoms with E-state index in [4.69, 9.17) is 5.11 Å². The molecule has 6 nitrogen and oxygen atoms in total. The van der Waals surface area contributed by atoms with Gasteiger partial charge in [0.05, 0.1) is 17.2 Å². The van der Waals surface area contributed by atoms with Gasteiger partial charge in [0.1, 0.15) is 0 Å². The van der Waals surface area contributed by atoms with Crippen molar-refractivity contribution in [3.05, 3.63) is 53.7 Å². The van der Waals surface area contributed by atoms with E-state index in [9.17, 15) is 4.79 Å². The SMILES string of the molecule is CCN(CCO)C(=O)c1nc(-c2cccs2)n(-c2ccccc2)n1. The van der Waals surface area contributed by atoms with E-state index in [1.54, 1.807) is 16.0 Å². The van der Waals surface area contributed by atoms with E-state index in [0.29, 0.717) is 12.4 Å². The van der Waals surface area contributed by atoms with E-state index in [-0.39, 0.29) is 24.9 Å². The van der Waals surface area contributed by atoms with Gasteiger partial charge in [-0.2, -0.15) is 0 Å². The Balaban J connectivity index is 2.05. The average Bonchev–Trinajstić information content (AvgIpc) is 3.29. The number of carbonyl (C=O) groups is 1. The number of likely N-dealkylation sites (N-methyl/N-ethyl adjacent to an activating group) is 1. The van der Waals surface area contributed by atoms with Crippen molar-refractivity contribution in [3.63, 3.8) is 0 Å². The molecule has 124 valence electrons. The van der Waals surface area contributed by atoms with Crippen molar-refractivity contribution in [3.8, 4) is 16.4 Å². The minimum Gasteiger partial charge on any atom is -0.395 e. The van der Waals surface area contributed by atoms with E-state index in [0.717, 1.165) is 10.6 Å². The number of hydrogen-bond donors (Lipinski definition) is 1. The number of amides is 1. The lowest BCUT2D eigenvalue weighted by Crippen LogP contribution is -2.34. The molecule has 0 bridgehead atoms. The minimum atomic E-state index is -0.279. The Morgan fingerprint density at radius 1 is 1.25 bits per heavy atom. The molecule has 0 aliphatic rings. The smallest absolute Gasteiger partial charge is 0.293 e. The molecular weight excluding hydrogens is 324 g/mol. The van der Waals surface area contributed by atoms with E-state index < -0.39 is 0 Å². The molecule has 1 N–H and O–H groups in total. The molecule has 0 saturated heterocycles. The van der Waals surface area contributed by atoms with Crippen LogP contribution in [-0.2, 0) is 0 Å². The monoisotopic (exact) mass is 342 g/mol. The van der Waals surface area contributed by atoms with Crippen LogP contribution in [0, 0.1) is 0 Å². The van der Waals surface area contributed by atoms with Gasteiger partial charge in [0, 0.05) is 13.1 Å². The maximum atomic E-state index is 12.6. The van der Waals surface area contributed by atoms with Crippen molar-refractivity contribution in [2.24, 2.45) is 0 Å². The lowest BCUT2D eigenvalue weighted by atomic mass is 10.3. The van der Waals surface area contributed by atoms with E-state index in [1.165, 1.54) is 4.90 Å².